The number of methoxy groups -OCH3 is 3. The highest BCUT2D eigenvalue weighted by Gasteiger charge is 2.24. The van der Waals surface area contributed by atoms with Gasteiger partial charge in [0.2, 0.25) is 0 Å². The zero-order valence-corrected chi connectivity index (χ0v) is 36.5. The Morgan fingerprint density at radius 1 is 0.508 bits per heavy atom. The van der Waals surface area contributed by atoms with Gasteiger partial charge in [-0.3, -0.25) is 10.5 Å². The van der Waals surface area contributed by atoms with Gasteiger partial charge in [0.15, 0.2) is 11.5 Å². The van der Waals surface area contributed by atoms with Crippen molar-refractivity contribution in [3.63, 3.8) is 0 Å². The van der Waals surface area contributed by atoms with E-state index in [-0.39, 0.29) is 33.0 Å². The molecule has 0 aromatic heterocycles. The summed E-state index contributed by atoms with van der Waals surface area (Å²) in [6.07, 6.45) is 0. The monoisotopic (exact) mass is 1000 g/mol. The van der Waals surface area contributed by atoms with Crippen LogP contribution in [-0.4, -0.2) is 54.1 Å². The van der Waals surface area contributed by atoms with E-state index in [4.69, 9.17) is 94.3 Å². The number of hydrogen-bond acceptors (Lipinski definition) is 8. The normalized spacial score (nSPS) is 10.1. The van der Waals surface area contributed by atoms with Gasteiger partial charge in [0, 0.05) is 44.9 Å². The molecule has 6 rings (SSSR count). The first-order valence-electron chi connectivity index (χ1n) is 15.9. The molecule has 0 aliphatic carbocycles. The van der Waals surface area contributed by atoms with Crippen LogP contribution in [0, 0.1) is 17.5 Å². The Morgan fingerprint density at radius 2 is 0.814 bits per heavy atom. The Kier molecular flexibility index (Phi) is 20.9. The van der Waals surface area contributed by atoms with Crippen molar-refractivity contribution in [2.75, 3.05) is 21.3 Å². The highest BCUT2D eigenvalue weighted by molar-refractivity contribution is 9.10. The molecular weight excluding hydrogens is 976 g/mol. The summed E-state index contributed by atoms with van der Waals surface area (Å²) in [6.45, 7) is 0. The van der Waals surface area contributed by atoms with Crippen LogP contribution >= 0.6 is 85.5 Å². The van der Waals surface area contributed by atoms with Gasteiger partial charge >= 0.3 is 7.12 Å². The largest absolute Gasteiger partial charge is 1.00 e. The number of rotatable bonds is 7. The van der Waals surface area contributed by atoms with Crippen LogP contribution in [0.2, 0.25) is 30.1 Å². The second-order valence-electron chi connectivity index (χ2n) is 11.2. The minimum atomic E-state index is -1.87. The van der Waals surface area contributed by atoms with Crippen LogP contribution in [0.4, 0.5) is 13.2 Å². The Morgan fingerprint density at radius 3 is 1.15 bits per heavy atom. The molecule has 0 amide bonds. The van der Waals surface area contributed by atoms with Crippen molar-refractivity contribution >= 4 is 98.1 Å². The molecule has 0 saturated heterocycles. The van der Waals surface area contributed by atoms with E-state index >= 15 is 0 Å². The van der Waals surface area contributed by atoms with Gasteiger partial charge in [0.05, 0.1) is 55.9 Å². The maximum absolute atomic E-state index is 13.7. The third-order valence-electron chi connectivity index (χ3n) is 7.71. The molecule has 314 valence electrons. The van der Waals surface area contributed by atoms with Gasteiger partial charge in [-0.1, -0.05) is 87.8 Å². The average Bonchev–Trinajstić information content (AvgIpc) is 3.15. The summed E-state index contributed by atoms with van der Waals surface area (Å²) >= 11 is 39.8. The lowest BCUT2D eigenvalue weighted by Crippen LogP contribution is -3.00. The maximum atomic E-state index is 13.7. The molecule has 8 nitrogen and oxygen atoms in total. The molecule has 0 atom stereocenters. The van der Waals surface area contributed by atoms with E-state index in [9.17, 15) is 28.3 Å². The standard InChI is InChI=1S/C13H10BCl2FO3.C13H8BrCl2FO.C13H9Cl2FO2.FH.H2O2/c1-20-13-8(5-7(17)6-9(13)14(18)19)12-10(15)3-2-4-11(12)16;1-18-13-8(5-7(17)6-9(13)14)12-10(15)3-2-4-11(12)16;1-18-13-8(5-7(16)6-11(13)17)12-9(14)3-2-4-10(12)15;;1-2/h2-6,18-19H,1H3;2-6H,1H3;2-6,17H,1H3;1H;1-2H/p-1. The van der Waals surface area contributed by atoms with E-state index in [1.54, 1.807) is 54.6 Å². The van der Waals surface area contributed by atoms with E-state index in [0.717, 1.165) is 12.1 Å². The van der Waals surface area contributed by atoms with E-state index in [0.29, 0.717) is 68.2 Å². The number of phenols is 1. The van der Waals surface area contributed by atoms with Gasteiger partial charge < -0.3 is 34.1 Å². The molecule has 0 aliphatic rings. The Hall–Kier alpha value is -3.64. The van der Waals surface area contributed by atoms with Crippen molar-refractivity contribution < 1.29 is 57.8 Å². The minimum Gasteiger partial charge on any atom is -1.00 e. The molecule has 59 heavy (non-hydrogen) atoms. The summed E-state index contributed by atoms with van der Waals surface area (Å²) in [6, 6.07) is 21.9. The van der Waals surface area contributed by atoms with Gasteiger partial charge in [0.25, 0.3) is 0 Å². The summed E-state index contributed by atoms with van der Waals surface area (Å²) in [7, 11) is 2.35. The third-order valence-corrected chi connectivity index (χ3v) is 10.2. The molecule has 0 bridgehead atoms. The molecule has 6 aromatic carbocycles. The SMILES string of the molecule is COc1c(B(O)O)cc(F)cc1-c1c(Cl)cccc1Cl.COc1c(Br)cc(F)cc1-c1c(Cl)cccc1Cl.COc1c(O)cc(F)cc1-c1c(Cl)cccc1Cl.OO.[F-]. The molecule has 0 spiro atoms. The van der Waals surface area contributed by atoms with Crippen molar-refractivity contribution in [3.8, 4) is 56.4 Å². The summed E-state index contributed by atoms with van der Waals surface area (Å²) in [4.78, 5) is 0. The highest BCUT2D eigenvalue weighted by atomic mass is 79.9. The lowest BCUT2D eigenvalue weighted by Gasteiger charge is -2.15. The molecule has 0 heterocycles. The summed E-state index contributed by atoms with van der Waals surface area (Å²) in [5.41, 5.74) is 2.33. The smallest absolute Gasteiger partial charge is 0.492 e. The number of hydrogen-bond donors (Lipinski definition) is 5. The molecule has 5 N–H and O–H groups in total. The molecule has 6 aromatic rings. The van der Waals surface area contributed by atoms with Gasteiger partial charge in [-0.2, -0.15) is 0 Å². The van der Waals surface area contributed by atoms with Gasteiger partial charge in [-0.25, -0.2) is 13.2 Å². The zero-order valence-electron chi connectivity index (χ0n) is 30.4. The number of phenolic OH excluding ortho intramolecular Hbond substituents is 1. The van der Waals surface area contributed by atoms with Crippen LogP contribution < -0.4 is 24.4 Å². The van der Waals surface area contributed by atoms with Gasteiger partial charge in [0.1, 0.15) is 29.0 Å². The van der Waals surface area contributed by atoms with E-state index in [1.165, 1.54) is 45.6 Å². The lowest BCUT2D eigenvalue weighted by molar-refractivity contribution is -0.176. The minimum absolute atomic E-state index is 0. The maximum Gasteiger partial charge on any atom is 0.492 e. The first-order chi connectivity index (χ1) is 27.5. The van der Waals surface area contributed by atoms with E-state index < -0.39 is 24.6 Å². The van der Waals surface area contributed by atoms with Crippen LogP contribution in [-0.2, 0) is 0 Å². The van der Waals surface area contributed by atoms with E-state index in [2.05, 4.69) is 15.9 Å². The van der Waals surface area contributed by atoms with Crippen molar-refractivity contribution in [3.05, 3.63) is 143 Å². The fourth-order valence-corrected chi connectivity index (χ4v) is 7.82. The second-order valence-corrected chi connectivity index (χ2v) is 14.5. The van der Waals surface area contributed by atoms with Crippen molar-refractivity contribution in [1.29, 1.82) is 0 Å². The predicted molar refractivity (Wildman–Crippen MR) is 230 cm³/mol. The van der Waals surface area contributed by atoms with Crippen LogP contribution in [0.15, 0.2) is 95.5 Å². The van der Waals surface area contributed by atoms with Crippen molar-refractivity contribution in [2.24, 2.45) is 0 Å². The van der Waals surface area contributed by atoms with Crippen molar-refractivity contribution in [2.45, 2.75) is 0 Å². The third kappa shape index (κ3) is 12.7. The molecule has 0 saturated carbocycles. The zero-order chi connectivity index (χ0) is 43.4. The van der Waals surface area contributed by atoms with Crippen LogP contribution in [0.25, 0.3) is 33.4 Å². The van der Waals surface area contributed by atoms with Crippen LogP contribution in [0.1, 0.15) is 0 Å². The number of benzene rings is 6. The molecule has 20 heteroatoms. The fraction of sp³-hybridized carbons (Fsp3) is 0.0769. The van der Waals surface area contributed by atoms with Crippen LogP contribution in [0.3, 0.4) is 0 Å². The average molecular weight is 1010 g/mol. The molecule has 0 radical (unpaired) electrons. The summed E-state index contributed by atoms with van der Waals surface area (Å²) < 4.78 is 56.6. The van der Waals surface area contributed by atoms with Gasteiger partial charge in [-0.05, 0) is 82.7 Å². The quantitative estimate of drug-likeness (QED) is 0.0464. The highest BCUT2D eigenvalue weighted by Crippen LogP contribution is 2.45. The Balaban J connectivity index is 0.000000297. The summed E-state index contributed by atoms with van der Waals surface area (Å²) in [5, 5.41) is 42.5. The first kappa shape index (κ1) is 51.5. The van der Waals surface area contributed by atoms with Crippen LogP contribution in [0.5, 0.6) is 23.0 Å². The summed E-state index contributed by atoms with van der Waals surface area (Å²) in [5.74, 6) is -1.22. The number of ether oxygens (including phenoxy) is 3. The second kappa shape index (κ2) is 24.0. The van der Waals surface area contributed by atoms with Crippen molar-refractivity contribution in [1.82, 2.24) is 0 Å². The molecule has 0 fully saturated rings. The predicted octanol–water partition coefficient (Wildman–Crippen LogP) is 9.59. The number of aromatic hydroxyl groups is 1. The van der Waals surface area contributed by atoms with E-state index in [1.807, 2.05) is 0 Å². The molecule has 0 unspecified atom stereocenters. The lowest BCUT2D eigenvalue weighted by atomic mass is 9.77. The van der Waals surface area contributed by atoms with Gasteiger partial charge in [-0.15, -0.1) is 0 Å². The topological polar surface area (TPSA) is 129 Å². The number of halogens is 11. The molecule has 0 aliphatic heterocycles. The Bertz CT molecular complexity index is 2220. The fourth-order valence-electron chi connectivity index (χ4n) is 5.42. The molecular formula is C39H29BBrCl6F4O8-. The Labute approximate surface area is 374 Å². The first-order valence-corrected chi connectivity index (χ1v) is 19.0.